The van der Waals surface area contributed by atoms with Gasteiger partial charge in [-0.2, -0.15) is 5.26 Å². The highest BCUT2D eigenvalue weighted by atomic mass is 19.1. The van der Waals surface area contributed by atoms with Gasteiger partial charge in [-0.15, -0.1) is 5.10 Å². The Morgan fingerprint density at radius 3 is 2.62 bits per heavy atom. The van der Waals surface area contributed by atoms with Crippen LogP contribution in [0.5, 0.6) is 0 Å². The van der Waals surface area contributed by atoms with Crippen LogP contribution >= 0.6 is 0 Å². The van der Waals surface area contributed by atoms with Gasteiger partial charge in [0.05, 0.1) is 23.3 Å². The summed E-state index contributed by atoms with van der Waals surface area (Å²) in [4.78, 5) is 14.4. The third-order valence-electron chi connectivity index (χ3n) is 5.58. The van der Waals surface area contributed by atoms with Crippen molar-refractivity contribution in [1.82, 2.24) is 25.1 Å². The van der Waals surface area contributed by atoms with Crippen molar-refractivity contribution in [2.45, 2.75) is 24.9 Å². The van der Waals surface area contributed by atoms with Crippen molar-refractivity contribution in [3.63, 3.8) is 0 Å². The molecule has 2 aromatic carbocycles. The first kappa shape index (κ1) is 21.3. The number of nitrogens with zero attached hydrogens (tertiary/aromatic N) is 6. The molecule has 0 spiro atoms. The van der Waals surface area contributed by atoms with Crippen molar-refractivity contribution in [2.24, 2.45) is 0 Å². The Kier molecular flexibility index (Phi) is 6.05. The molecule has 1 aliphatic heterocycles. The van der Waals surface area contributed by atoms with E-state index in [9.17, 15) is 14.3 Å². The Labute approximate surface area is 184 Å². The largest absolute Gasteiger partial charge is 0.386 e. The van der Waals surface area contributed by atoms with Crippen molar-refractivity contribution in [2.75, 3.05) is 13.1 Å². The molecule has 4 rings (SSSR count). The van der Waals surface area contributed by atoms with Gasteiger partial charge in [0.2, 0.25) is 5.91 Å². The fourth-order valence-corrected chi connectivity index (χ4v) is 3.63. The molecule has 162 valence electrons. The number of rotatable bonds is 5. The number of aromatic nitrogens is 4. The molecule has 0 bridgehead atoms. The second-order valence-electron chi connectivity index (χ2n) is 7.77. The molecular formula is C23H21FN6O2. The summed E-state index contributed by atoms with van der Waals surface area (Å²) in [6.45, 7) is 0.879. The van der Waals surface area contributed by atoms with Crippen LogP contribution in [0.3, 0.4) is 0 Å². The lowest BCUT2D eigenvalue weighted by molar-refractivity contribution is -0.133. The number of nitriles is 1. The van der Waals surface area contributed by atoms with Crippen molar-refractivity contribution < 1.29 is 14.3 Å². The zero-order valence-electron chi connectivity index (χ0n) is 17.2. The maximum atomic E-state index is 13.5. The first-order valence-corrected chi connectivity index (χ1v) is 10.2. The molecule has 0 unspecified atom stereocenters. The summed E-state index contributed by atoms with van der Waals surface area (Å²) in [7, 11) is 0. The molecule has 32 heavy (non-hydrogen) atoms. The molecule has 1 saturated heterocycles. The molecule has 2 heterocycles. The quantitative estimate of drug-likeness (QED) is 0.663. The first-order valence-electron chi connectivity index (χ1n) is 10.2. The minimum absolute atomic E-state index is 0.00315. The first-order chi connectivity index (χ1) is 15.5. The zero-order chi connectivity index (χ0) is 22.6. The molecule has 8 nitrogen and oxygen atoms in total. The minimum Gasteiger partial charge on any atom is -0.386 e. The van der Waals surface area contributed by atoms with Crippen LogP contribution in [0, 0.1) is 17.1 Å². The van der Waals surface area contributed by atoms with Gasteiger partial charge >= 0.3 is 0 Å². The number of piperidine rings is 1. The van der Waals surface area contributed by atoms with E-state index in [1.807, 2.05) is 24.3 Å². The van der Waals surface area contributed by atoms with Crippen molar-refractivity contribution in [3.05, 3.63) is 77.4 Å². The topological polar surface area (TPSA) is 108 Å². The van der Waals surface area contributed by atoms with Gasteiger partial charge in [0.1, 0.15) is 18.2 Å². The molecule has 1 fully saturated rings. The van der Waals surface area contributed by atoms with Gasteiger partial charge < -0.3 is 10.0 Å². The SMILES string of the molecule is N#Cc1cc(C=CC2(O)CCN(C(=O)Cc3ccc(-n4cnnn4)cc3)CC2)ccc1F. The van der Waals surface area contributed by atoms with E-state index >= 15 is 0 Å². The van der Waals surface area contributed by atoms with E-state index in [1.165, 1.54) is 23.1 Å². The number of carbonyl (C=O) groups is 1. The summed E-state index contributed by atoms with van der Waals surface area (Å²) in [6.07, 6.45) is 5.93. The lowest BCUT2D eigenvalue weighted by Gasteiger charge is -2.36. The zero-order valence-corrected chi connectivity index (χ0v) is 17.2. The normalized spacial score (nSPS) is 15.6. The van der Waals surface area contributed by atoms with Crippen LogP contribution in [0.25, 0.3) is 11.8 Å². The summed E-state index contributed by atoms with van der Waals surface area (Å²) in [5, 5.41) is 30.8. The molecule has 1 amide bonds. The van der Waals surface area contributed by atoms with Gasteiger partial charge in [0.25, 0.3) is 0 Å². The highest BCUT2D eigenvalue weighted by Crippen LogP contribution is 2.25. The predicted molar refractivity (Wildman–Crippen MR) is 114 cm³/mol. The number of halogens is 1. The smallest absolute Gasteiger partial charge is 0.226 e. The van der Waals surface area contributed by atoms with E-state index < -0.39 is 11.4 Å². The average Bonchev–Trinajstić information content (AvgIpc) is 3.34. The molecule has 0 radical (unpaired) electrons. The van der Waals surface area contributed by atoms with E-state index in [4.69, 9.17) is 5.26 Å². The predicted octanol–water partition coefficient (Wildman–Crippen LogP) is 2.28. The van der Waals surface area contributed by atoms with E-state index in [-0.39, 0.29) is 17.9 Å². The number of tetrazole rings is 1. The van der Waals surface area contributed by atoms with Gasteiger partial charge in [-0.1, -0.05) is 30.4 Å². The Morgan fingerprint density at radius 2 is 1.97 bits per heavy atom. The van der Waals surface area contributed by atoms with Gasteiger partial charge in [-0.25, -0.2) is 9.07 Å². The van der Waals surface area contributed by atoms with E-state index in [0.717, 1.165) is 11.3 Å². The standard InChI is InChI=1S/C23H21FN6O2/c24-21-6-3-18(13-19(21)15-25)7-8-23(32)9-11-29(12-10-23)22(31)14-17-1-4-20(5-2-17)30-16-26-27-28-30/h1-8,13,16,32H,9-12,14H2. The summed E-state index contributed by atoms with van der Waals surface area (Å²) in [6, 6.07) is 13.5. The van der Waals surface area contributed by atoms with Crippen LogP contribution in [-0.2, 0) is 11.2 Å². The molecule has 0 aliphatic carbocycles. The van der Waals surface area contributed by atoms with Gasteiger partial charge in [0, 0.05) is 13.1 Å². The van der Waals surface area contributed by atoms with Crippen LogP contribution in [-0.4, -0.2) is 54.8 Å². The lowest BCUT2D eigenvalue weighted by atomic mass is 9.90. The highest BCUT2D eigenvalue weighted by Gasteiger charge is 2.31. The van der Waals surface area contributed by atoms with Crippen LogP contribution in [0.4, 0.5) is 4.39 Å². The maximum absolute atomic E-state index is 13.5. The van der Waals surface area contributed by atoms with Crippen LogP contribution < -0.4 is 0 Å². The molecular weight excluding hydrogens is 411 g/mol. The Morgan fingerprint density at radius 1 is 1.22 bits per heavy atom. The summed E-state index contributed by atoms with van der Waals surface area (Å²) in [5.74, 6) is -0.566. The molecule has 3 aromatic rings. The van der Waals surface area contributed by atoms with Crippen molar-refractivity contribution >= 4 is 12.0 Å². The number of aliphatic hydroxyl groups is 1. The fraction of sp³-hybridized carbons (Fsp3) is 0.261. The van der Waals surface area contributed by atoms with Crippen LogP contribution in [0.15, 0.2) is 54.9 Å². The van der Waals surface area contributed by atoms with E-state index in [2.05, 4.69) is 15.5 Å². The second-order valence-corrected chi connectivity index (χ2v) is 7.77. The molecule has 0 atom stereocenters. The highest BCUT2D eigenvalue weighted by molar-refractivity contribution is 5.79. The average molecular weight is 432 g/mol. The summed E-state index contributed by atoms with van der Waals surface area (Å²) < 4.78 is 15.0. The third-order valence-corrected chi connectivity index (χ3v) is 5.58. The molecule has 1 aliphatic rings. The fourth-order valence-electron chi connectivity index (χ4n) is 3.63. The molecule has 0 saturated carbocycles. The van der Waals surface area contributed by atoms with Crippen molar-refractivity contribution in [3.8, 4) is 11.8 Å². The molecule has 1 N–H and O–H groups in total. The molecule has 1 aromatic heterocycles. The number of hydrogen-bond acceptors (Lipinski definition) is 6. The minimum atomic E-state index is -1.05. The van der Waals surface area contributed by atoms with Gasteiger partial charge in [-0.05, 0) is 58.7 Å². The number of likely N-dealkylation sites (tertiary alicyclic amines) is 1. The Bertz CT molecular complexity index is 1160. The van der Waals surface area contributed by atoms with Crippen LogP contribution in [0.1, 0.15) is 29.5 Å². The van der Waals surface area contributed by atoms with E-state index in [0.29, 0.717) is 31.5 Å². The number of carbonyl (C=O) groups excluding carboxylic acids is 1. The van der Waals surface area contributed by atoms with Gasteiger partial charge in [0.15, 0.2) is 0 Å². The number of hydrogen-bond donors (Lipinski definition) is 1. The Balaban J connectivity index is 1.32. The number of benzene rings is 2. The van der Waals surface area contributed by atoms with Crippen LogP contribution in [0.2, 0.25) is 0 Å². The van der Waals surface area contributed by atoms with E-state index in [1.54, 1.807) is 29.2 Å². The lowest BCUT2D eigenvalue weighted by Crippen LogP contribution is -2.46. The molecule has 9 heteroatoms. The number of amides is 1. The Hall–Kier alpha value is -3.90. The summed E-state index contributed by atoms with van der Waals surface area (Å²) >= 11 is 0. The summed E-state index contributed by atoms with van der Waals surface area (Å²) in [5.41, 5.74) is 1.25. The van der Waals surface area contributed by atoms with Crippen molar-refractivity contribution in [1.29, 1.82) is 5.26 Å². The monoisotopic (exact) mass is 432 g/mol. The second kappa shape index (κ2) is 9.08. The van der Waals surface area contributed by atoms with Gasteiger partial charge in [-0.3, -0.25) is 4.79 Å². The maximum Gasteiger partial charge on any atom is 0.226 e. The third kappa shape index (κ3) is 4.87.